The van der Waals surface area contributed by atoms with E-state index in [0.717, 1.165) is 6.42 Å². The minimum Gasteiger partial charge on any atom is -0.329 e. The number of likely N-dealkylation sites (tertiary alicyclic amines) is 1. The predicted octanol–water partition coefficient (Wildman–Crippen LogP) is 2.63. The van der Waals surface area contributed by atoms with Crippen LogP contribution in [0.5, 0.6) is 0 Å². The molecule has 0 radical (unpaired) electrons. The van der Waals surface area contributed by atoms with Crippen molar-refractivity contribution in [1.29, 1.82) is 0 Å². The van der Waals surface area contributed by atoms with Crippen LogP contribution in [-0.2, 0) is 0 Å². The fourth-order valence-corrected chi connectivity index (χ4v) is 1.94. The normalized spacial score (nSPS) is 21.8. The Morgan fingerprint density at radius 1 is 1.35 bits per heavy atom. The number of carbonyl (C=O) groups is 1. The van der Waals surface area contributed by atoms with E-state index in [1.54, 1.807) is 0 Å². The third-order valence-electron chi connectivity index (χ3n) is 3.14. The monoisotopic (exact) mass is 252 g/mol. The molecule has 1 aliphatic heterocycles. The van der Waals surface area contributed by atoms with E-state index in [2.05, 4.69) is 20.8 Å². The summed E-state index contributed by atoms with van der Waals surface area (Å²) in [7, 11) is 0. The van der Waals surface area contributed by atoms with E-state index in [9.17, 15) is 18.0 Å². The number of hydrogen-bond donors (Lipinski definition) is 1. The number of alkyl halides is 3. The van der Waals surface area contributed by atoms with Crippen LogP contribution in [0.3, 0.4) is 0 Å². The Hall–Kier alpha value is -0.940. The zero-order chi connectivity index (χ0) is 13.3. The summed E-state index contributed by atoms with van der Waals surface area (Å²) in [6.07, 6.45) is -3.50. The predicted molar refractivity (Wildman–Crippen MR) is 58.6 cm³/mol. The molecule has 6 heteroatoms. The number of nitrogens with zero attached hydrogens (tertiary/aromatic N) is 1. The van der Waals surface area contributed by atoms with Gasteiger partial charge in [-0.15, -0.1) is 0 Å². The van der Waals surface area contributed by atoms with Crippen molar-refractivity contribution in [3.8, 4) is 0 Å². The average Bonchev–Trinajstić information content (AvgIpc) is 2.60. The molecule has 0 bridgehead atoms. The van der Waals surface area contributed by atoms with Gasteiger partial charge in [-0.2, -0.15) is 13.2 Å². The van der Waals surface area contributed by atoms with E-state index in [-0.39, 0.29) is 5.41 Å². The van der Waals surface area contributed by atoms with Crippen molar-refractivity contribution in [1.82, 2.24) is 10.2 Å². The summed E-state index contributed by atoms with van der Waals surface area (Å²) in [5.41, 5.74) is 0.0824. The first-order chi connectivity index (χ1) is 7.59. The number of carbonyl (C=O) groups excluding carboxylic acids is 1. The smallest absolute Gasteiger partial charge is 0.329 e. The zero-order valence-corrected chi connectivity index (χ0v) is 10.4. The van der Waals surface area contributed by atoms with Crippen molar-refractivity contribution < 1.29 is 18.0 Å². The number of halogens is 3. The first-order valence-corrected chi connectivity index (χ1v) is 5.69. The van der Waals surface area contributed by atoms with Gasteiger partial charge in [-0.3, -0.25) is 0 Å². The van der Waals surface area contributed by atoms with Crippen LogP contribution in [0.25, 0.3) is 0 Å². The third-order valence-corrected chi connectivity index (χ3v) is 3.14. The number of urea groups is 1. The van der Waals surface area contributed by atoms with Crippen molar-refractivity contribution in [3.05, 3.63) is 0 Å². The Morgan fingerprint density at radius 2 is 1.94 bits per heavy atom. The van der Waals surface area contributed by atoms with Crippen LogP contribution in [0, 0.1) is 11.3 Å². The Kier molecular flexibility index (Phi) is 3.94. The number of hydrogen-bond acceptors (Lipinski definition) is 1. The van der Waals surface area contributed by atoms with Crippen molar-refractivity contribution in [3.63, 3.8) is 0 Å². The molecule has 1 atom stereocenters. The van der Waals surface area contributed by atoms with Gasteiger partial charge in [0.15, 0.2) is 0 Å². The molecule has 1 fully saturated rings. The van der Waals surface area contributed by atoms with E-state index in [1.807, 2.05) is 5.32 Å². The molecule has 0 saturated carbocycles. The van der Waals surface area contributed by atoms with Gasteiger partial charge in [0, 0.05) is 13.1 Å². The third kappa shape index (κ3) is 4.44. The SMILES string of the molecule is CC(C)(C)C1CCN(C(=O)NCC(F)(F)F)C1. The van der Waals surface area contributed by atoms with Crippen LogP contribution < -0.4 is 5.32 Å². The molecule has 1 N–H and O–H groups in total. The van der Waals surface area contributed by atoms with Crippen LogP contribution >= 0.6 is 0 Å². The van der Waals surface area contributed by atoms with Gasteiger partial charge in [0.25, 0.3) is 0 Å². The molecule has 100 valence electrons. The Balaban J connectivity index is 2.41. The van der Waals surface area contributed by atoms with E-state index in [1.165, 1.54) is 4.90 Å². The number of amides is 2. The van der Waals surface area contributed by atoms with Gasteiger partial charge in [0.05, 0.1) is 0 Å². The van der Waals surface area contributed by atoms with Crippen LogP contribution in [0.15, 0.2) is 0 Å². The zero-order valence-electron chi connectivity index (χ0n) is 10.4. The fraction of sp³-hybridized carbons (Fsp3) is 0.909. The molecule has 0 aliphatic carbocycles. The summed E-state index contributed by atoms with van der Waals surface area (Å²) in [6.45, 7) is 6.04. The highest BCUT2D eigenvalue weighted by Crippen LogP contribution is 2.33. The highest BCUT2D eigenvalue weighted by molar-refractivity contribution is 5.74. The molecule has 0 aromatic heterocycles. The fourth-order valence-electron chi connectivity index (χ4n) is 1.94. The first-order valence-electron chi connectivity index (χ1n) is 5.69. The van der Waals surface area contributed by atoms with Gasteiger partial charge in [-0.05, 0) is 17.8 Å². The lowest BCUT2D eigenvalue weighted by Crippen LogP contribution is -2.43. The molecule has 0 aromatic rings. The van der Waals surface area contributed by atoms with Crippen LogP contribution in [-0.4, -0.2) is 36.7 Å². The van der Waals surface area contributed by atoms with Crippen molar-refractivity contribution in [2.75, 3.05) is 19.6 Å². The maximum absolute atomic E-state index is 11.9. The summed E-state index contributed by atoms with van der Waals surface area (Å²) in [5, 5.41) is 1.90. The summed E-state index contributed by atoms with van der Waals surface area (Å²) in [4.78, 5) is 12.9. The molecule has 1 heterocycles. The highest BCUT2D eigenvalue weighted by atomic mass is 19.4. The molecule has 3 nitrogen and oxygen atoms in total. The lowest BCUT2D eigenvalue weighted by atomic mass is 9.80. The standard InChI is InChI=1S/C11H19F3N2O/c1-10(2,3)8-4-5-16(6-8)9(17)15-7-11(12,13)14/h8H,4-7H2,1-3H3,(H,15,17). The number of nitrogens with one attached hydrogen (secondary N) is 1. The quantitative estimate of drug-likeness (QED) is 0.764. The van der Waals surface area contributed by atoms with Crippen molar-refractivity contribution >= 4 is 6.03 Å². The highest BCUT2D eigenvalue weighted by Gasteiger charge is 2.35. The molecule has 1 saturated heterocycles. The van der Waals surface area contributed by atoms with Crippen LogP contribution in [0.2, 0.25) is 0 Å². The van der Waals surface area contributed by atoms with E-state index in [0.29, 0.717) is 19.0 Å². The summed E-state index contributed by atoms with van der Waals surface area (Å²) in [5.74, 6) is 0.346. The maximum atomic E-state index is 11.9. The maximum Gasteiger partial charge on any atom is 0.405 e. The molecular formula is C11H19F3N2O. The largest absolute Gasteiger partial charge is 0.405 e. The van der Waals surface area contributed by atoms with Crippen molar-refractivity contribution in [2.24, 2.45) is 11.3 Å². The van der Waals surface area contributed by atoms with Crippen LogP contribution in [0.4, 0.5) is 18.0 Å². The van der Waals surface area contributed by atoms with E-state index < -0.39 is 18.8 Å². The molecule has 0 aromatic carbocycles. The first kappa shape index (κ1) is 14.1. The Morgan fingerprint density at radius 3 is 2.35 bits per heavy atom. The second kappa shape index (κ2) is 4.74. The second-order valence-electron chi connectivity index (χ2n) is 5.57. The topological polar surface area (TPSA) is 32.3 Å². The molecule has 0 spiro atoms. The van der Waals surface area contributed by atoms with Gasteiger partial charge in [-0.25, -0.2) is 4.79 Å². The minimum absolute atomic E-state index is 0.0824. The molecule has 1 rings (SSSR count). The minimum atomic E-state index is -4.35. The Bertz CT molecular complexity index is 283. The molecule has 17 heavy (non-hydrogen) atoms. The molecule has 2 amide bonds. The van der Waals surface area contributed by atoms with Gasteiger partial charge in [0.1, 0.15) is 6.54 Å². The molecular weight excluding hydrogens is 233 g/mol. The van der Waals surface area contributed by atoms with E-state index >= 15 is 0 Å². The summed E-state index contributed by atoms with van der Waals surface area (Å²) >= 11 is 0. The van der Waals surface area contributed by atoms with E-state index in [4.69, 9.17) is 0 Å². The van der Waals surface area contributed by atoms with Gasteiger partial charge in [0.2, 0.25) is 0 Å². The summed E-state index contributed by atoms with van der Waals surface area (Å²) < 4.78 is 35.8. The van der Waals surface area contributed by atoms with Gasteiger partial charge in [-0.1, -0.05) is 20.8 Å². The Labute approximate surface area is 99.4 Å². The molecule has 1 aliphatic rings. The lowest BCUT2D eigenvalue weighted by molar-refractivity contribution is -0.123. The second-order valence-corrected chi connectivity index (χ2v) is 5.57. The summed E-state index contributed by atoms with van der Waals surface area (Å²) in [6, 6.07) is -0.617. The van der Waals surface area contributed by atoms with Gasteiger partial charge >= 0.3 is 12.2 Å². The van der Waals surface area contributed by atoms with Crippen molar-refractivity contribution in [2.45, 2.75) is 33.4 Å². The average molecular weight is 252 g/mol. The van der Waals surface area contributed by atoms with Crippen LogP contribution in [0.1, 0.15) is 27.2 Å². The lowest BCUT2D eigenvalue weighted by Gasteiger charge is -2.27. The number of rotatable bonds is 1. The van der Waals surface area contributed by atoms with Gasteiger partial charge < -0.3 is 10.2 Å². The molecule has 1 unspecified atom stereocenters.